The first-order chi connectivity index (χ1) is 23.5. The molecule has 49 heavy (non-hydrogen) atoms. The minimum absolute atomic E-state index is 0.254. The number of hydrogen-bond donors (Lipinski definition) is 7. The van der Waals surface area contributed by atoms with E-state index in [2.05, 4.69) is 26.3 Å². The van der Waals surface area contributed by atoms with Gasteiger partial charge in [-0.05, 0) is 35.4 Å². The largest absolute Gasteiger partial charge is 0.478 e. The molecule has 0 radical (unpaired) electrons. The molecule has 0 bridgehead atoms. The molecule has 0 unspecified atom stereocenters. The third-order valence-electron chi connectivity index (χ3n) is 7.76. The van der Waals surface area contributed by atoms with Crippen LogP contribution in [0.1, 0.15) is 23.3 Å². The lowest BCUT2D eigenvalue weighted by Crippen LogP contribution is -2.58. The molecule has 0 aliphatic carbocycles. The summed E-state index contributed by atoms with van der Waals surface area (Å²) in [5.41, 5.74) is 3.37. The third kappa shape index (κ3) is 8.16. The Labute approximate surface area is 279 Å². The monoisotopic (exact) mass is 670 g/mol. The zero-order valence-corrected chi connectivity index (χ0v) is 26.1. The Morgan fingerprint density at radius 1 is 0.939 bits per heavy atom. The molecule has 2 heterocycles. The quantitative estimate of drug-likeness (QED) is 0.113. The van der Waals surface area contributed by atoms with Crippen LogP contribution in [0.15, 0.2) is 96.9 Å². The number of benzene rings is 3. The zero-order chi connectivity index (χ0) is 35.1. The maximum atomic E-state index is 12.9. The number of anilines is 1. The van der Waals surface area contributed by atoms with Crippen LogP contribution in [0.5, 0.6) is 0 Å². The van der Waals surface area contributed by atoms with E-state index in [1.54, 1.807) is 36.4 Å². The number of carbonyl (C=O) groups excluding carboxylic acids is 3. The molecule has 0 spiro atoms. The summed E-state index contributed by atoms with van der Waals surface area (Å²) in [6.45, 7) is 0.0220. The number of aliphatic hydroxyl groups is 3. The Bertz CT molecular complexity index is 1840. The fraction of sp³-hybridized carbons (Fsp3) is 0.235. The number of hydrogen-bond acceptors (Lipinski definition) is 10. The third-order valence-corrected chi connectivity index (χ3v) is 7.76. The van der Waals surface area contributed by atoms with Gasteiger partial charge in [0, 0.05) is 18.1 Å². The van der Waals surface area contributed by atoms with Crippen molar-refractivity contribution in [2.24, 2.45) is 0 Å². The van der Waals surface area contributed by atoms with E-state index < -0.39 is 66.5 Å². The van der Waals surface area contributed by atoms with Crippen molar-refractivity contribution < 1.29 is 44.3 Å². The van der Waals surface area contributed by atoms with Crippen LogP contribution in [-0.4, -0.2) is 96.6 Å². The topological polar surface area (TPSA) is 225 Å². The lowest BCUT2D eigenvalue weighted by Gasteiger charge is -2.39. The Hall–Kier alpha value is -5.90. The number of amides is 3. The molecule has 1 aromatic heterocycles. The molecule has 15 nitrogen and oxygen atoms in total. The van der Waals surface area contributed by atoms with E-state index >= 15 is 0 Å². The average molecular weight is 671 g/mol. The predicted molar refractivity (Wildman–Crippen MR) is 175 cm³/mol. The maximum Gasteiger partial charge on any atom is 0.370 e. The molecule has 1 aliphatic rings. The molecule has 0 saturated heterocycles. The molecule has 5 atom stereocenters. The number of aliphatic carboxylic acids is 1. The van der Waals surface area contributed by atoms with Crippen molar-refractivity contribution in [2.45, 2.75) is 37.3 Å². The first-order valence-electron chi connectivity index (χ1n) is 15.2. The Morgan fingerprint density at radius 2 is 1.61 bits per heavy atom. The highest BCUT2D eigenvalue weighted by Crippen LogP contribution is 2.32. The Kier molecular flexibility index (Phi) is 10.8. The number of aromatic nitrogens is 3. The molecule has 5 rings (SSSR count). The summed E-state index contributed by atoms with van der Waals surface area (Å²) in [5, 5.41) is 56.1. The molecule has 0 saturated carbocycles. The SMILES string of the molecule is CC(=O)N[C@H]1[C@H]([C@H](O)[C@H](O)CO)OC(C(=O)O)=C[C@@H]1n1cc(-c2ccccc2NC(=O)CNC(=O)c2ccc(-c3ccccc3)cc2)nn1. The molecule has 15 heteroatoms. The molecule has 1 aliphatic heterocycles. The first-order valence-corrected chi connectivity index (χ1v) is 15.2. The smallest absolute Gasteiger partial charge is 0.370 e. The molecule has 3 aromatic carbocycles. The van der Waals surface area contributed by atoms with Gasteiger partial charge in [-0.15, -0.1) is 5.10 Å². The van der Waals surface area contributed by atoms with Crippen molar-refractivity contribution in [3.05, 3.63) is 102 Å². The first kappa shape index (κ1) is 34.4. The van der Waals surface area contributed by atoms with Crippen molar-refractivity contribution in [3.8, 4) is 22.4 Å². The van der Waals surface area contributed by atoms with Gasteiger partial charge < -0.3 is 41.1 Å². The van der Waals surface area contributed by atoms with Gasteiger partial charge in [0.15, 0.2) is 0 Å². The maximum absolute atomic E-state index is 12.9. The van der Waals surface area contributed by atoms with Crippen LogP contribution in [0.4, 0.5) is 5.69 Å². The number of carboxylic acid groups (broad SMARTS) is 1. The van der Waals surface area contributed by atoms with E-state index in [-0.39, 0.29) is 12.2 Å². The van der Waals surface area contributed by atoms with Gasteiger partial charge in [0.2, 0.25) is 17.6 Å². The van der Waals surface area contributed by atoms with E-state index in [4.69, 9.17) is 4.74 Å². The van der Waals surface area contributed by atoms with Crippen molar-refractivity contribution in [2.75, 3.05) is 18.5 Å². The second kappa shape index (κ2) is 15.3. The predicted octanol–water partition coefficient (Wildman–Crippen LogP) is 1.11. The van der Waals surface area contributed by atoms with Crippen molar-refractivity contribution >= 4 is 29.4 Å². The van der Waals surface area contributed by atoms with Gasteiger partial charge in [0.05, 0.1) is 37.1 Å². The number of rotatable bonds is 12. The van der Waals surface area contributed by atoms with Crippen LogP contribution in [-0.2, 0) is 19.1 Å². The number of nitrogens with zero attached hydrogens (tertiary/aromatic N) is 3. The second-order valence-corrected chi connectivity index (χ2v) is 11.2. The van der Waals surface area contributed by atoms with E-state index in [9.17, 15) is 39.6 Å². The highest BCUT2D eigenvalue weighted by atomic mass is 16.5. The second-order valence-electron chi connectivity index (χ2n) is 11.2. The highest BCUT2D eigenvalue weighted by Gasteiger charge is 2.44. The van der Waals surface area contributed by atoms with E-state index in [0.29, 0.717) is 16.8 Å². The summed E-state index contributed by atoms with van der Waals surface area (Å²) < 4.78 is 6.67. The highest BCUT2D eigenvalue weighted by molar-refractivity contribution is 6.01. The fourth-order valence-electron chi connectivity index (χ4n) is 5.35. The van der Waals surface area contributed by atoms with E-state index in [0.717, 1.165) is 11.1 Å². The van der Waals surface area contributed by atoms with Crippen LogP contribution < -0.4 is 16.0 Å². The normalized spacial score (nSPS) is 18.3. The zero-order valence-electron chi connectivity index (χ0n) is 26.1. The van der Waals surface area contributed by atoms with E-state index in [1.165, 1.54) is 23.9 Å². The summed E-state index contributed by atoms with van der Waals surface area (Å²) in [6, 6.07) is 21.1. The van der Waals surface area contributed by atoms with Gasteiger partial charge in [-0.3, -0.25) is 14.4 Å². The lowest BCUT2D eigenvalue weighted by atomic mass is 9.92. The molecular formula is C34H34N6O9. The number of para-hydroxylation sites is 1. The van der Waals surface area contributed by atoms with Gasteiger partial charge in [0.1, 0.15) is 24.0 Å². The number of nitrogens with one attached hydrogen (secondary N) is 3. The van der Waals surface area contributed by atoms with Gasteiger partial charge in [-0.25, -0.2) is 9.48 Å². The fourth-order valence-corrected chi connectivity index (χ4v) is 5.35. The molecule has 254 valence electrons. The van der Waals surface area contributed by atoms with Crippen molar-refractivity contribution in [3.63, 3.8) is 0 Å². The van der Waals surface area contributed by atoms with E-state index in [1.807, 2.05) is 42.5 Å². The van der Waals surface area contributed by atoms with Crippen LogP contribution in [0.2, 0.25) is 0 Å². The van der Waals surface area contributed by atoms with Crippen LogP contribution in [0.25, 0.3) is 22.4 Å². The molecule has 0 fully saturated rings. The summed E-state index contributed by atoms with van der Waals surface area (Å²) in [4.78, 5) is 49.7. The number of carboxylic acids is 1. The van der Waals surface area contributed by atoms with Gasteiger partial charge >= 0.3 is 5.97 Å². The van der Waals surface area contributed by atoms with Crippen molar-refractivity contribution in [1.29, 1.82) is 0 Å². The standard InChI is InChI=1S/C34H34N6O9/c1-19(42)36-30-26(15-28(34(47)48)49-32(30)31(45)27(43)18-41)40-17-25(38-39-40)23-9-5-6-10-24(23)37-29(44)16-35-33(46)22-13-11-21(12-14-22)20-7-3-2-4-8-20/h2-15,17,26-27,30-32,41,43,45H,16,18H2,1H3,(H,35,46)(H,36,42)(H,37,44)(H,47,48)/t26-,27+,30+,31+,32+/m0/s1. The minimum Gasteiger partial charge on any atom is -0.478 e. The lowest BCUT2D eigenvalue weighted by molar-refractivity contribution is -0.147. The summed E-state index contributed by atoms with van der Waals surface area (Å²) in [6.07, 6.45) is -2.38. The van der Waals surface area contributed by atoms with Gasteiger partial charge in [-0.2, -0.15) is 0 Å². The minimum atomic E-state index is -1.79. The van der Waals surface area contributed by atoms with Gasteiger partial charge in [0.25, 0.3) is 5.91 Å². The summed E-state index contributed by atoms with van der Waals surface area (Å²) in [7, 11) is 0. The Morgan fingerprint density at radius 3 is 2.29 bits per heavy atom. The van der Waals surface area contributed by atoms with Crippen LogP contribution in [0.3, 0.4) is 0 Å². The molecule has 7 N–H and O–H groups in total. The number of ether oxygens (including phenoxy) is 1. The van der Waals surface area contributed by atoms with Crippen LogP contribution in [0, 0.1) is 0 Å². The average Bonchev–Trinajstić information content (AvgIpc) is 3.60. The number of aliphatic hydroxyl groups excluding tert-OH is 3. The van der Waals surface area contributed by atoms with Crippen molar-refractivity contribution in [1.82, 2.24) is 25.6 Å². The van der Waals surface area contributed by atoms with Crippen LogP contribution >= 0.6 is 0 Å². The van der Waals surface area contributed by atoms with Gasteiger partial charge in [-0.1, -0.05) is 65.9 Å². The molecule has 3 amide bonds. The summed E-state index contributed by atoms with van der Waals surface area (Å²) in [5.74, 6) is -3.56. The number of carbonyl (C=O) groups is 4. The molecular weight excluding hydrogens is 636 g/mol. The summed E-state index contributed by atoms with van der Waals surface area (Å²) >= 11 is 0. The Balaban J connectivity index is 1.31. The molecule has 4 aromatic rings.